The fourth-order valence-electron chi connectivity index (χ4n) is 1.21. The van der Waals surface area contributed by atoms with E-state index in [1.165, 1.54) is 6.07 Å². The number of hydrogen-bond donors (Lipinski definition) is 2. The summed E-state index contributed by atoms with van der Waals surface area (Å²) in [5.74, 6) is -0.0955. The predicted molar refractivity (Wildman–Crippen MR) is 76.9 cm³/mol. The Hall–Kier alpha value is -0.250. The molecule has 0 bridgehead atoms. The summed E-state index contributed by atoms with van der Waals surface area (Å²) < 4.78 is 4.93. The number of hydrogen-bond acceptors (Lipinski definition) is 3. The maximum Gasteiger partial charge on any atom is 0.511 e. The van der Waals surface area contributed by atoms with Crippen LogP contribution in [0.15, 0.2) is 18.2 Å². The molecule has 0 aliphatic rings. The monoisotopic (exact) mass is 448 g/mol. The Morgan fingerprint density at radius 1 is 1.44 bits per heavy atom. The van der Waals surface area contributed by atoms with E-state index in [9.17, 15) is 9.90 Å². The molecular weight excluding hydrogens is 438 g/mol. The van der Waals surface area contributed by atoms with Crippen molar-refractivity contribution in [2.24, 2.45) is 0 Å². The molecule has 6 heteroatoms. The number of halogens is 2. The van der Waals surface area contributed by atoms with E-state index in [-0.39, 0.29) is 11.5 Å². The van der Waals surface area contributed by atoms with Crippen LogP contribution in [0.1, 0.15) is 12.0 Å². The summed E-state index contributed by atoms with van der Waals surface area (Å²) in [5, 5.41) is 18.2. The van der Waals surface area contributed by atoms with Gasteiger partial charge in [-0.15, -0.1) is 0 Å². The molecule has 88 valence electrons. The summed E-state index contributed by atoms with van der Waals surface area (Å²) in [5.41, 5.74) is 0.706. The van der Waals surface area contributed by atoms with E-state index in [0.29, 0.717) is 13.9 Å². The lowest BCUT2D eigenvalue weighted by atomic mass is 10.1. The Kier molecular flexibility index (Phi) is 5.59. The molecule has 0 atom stereocenters. The van der Waals surface area contributed by atoms with Gasteiger partial charge in [0.2, 0.25) is 0 Å². The molecule has 16 heavy (non-hydrogen) atoms. The van der Waals surface area contributed by atoms with Gasteiger partial charge in [0.25, 0.3) is 0 Å². The quantitative estimate of drug-likeness (QED) is 0.320. The average Bonchev–Trinajstić information content (AvgIpc) is 2.18. The van der Waals surface area contributed by atoms with E-state index in [4.69, 9.17) is 5.11 Å². The molecule has 0 saturated heterocycles. The molecule has 0 amide bonds. The second-order valence-corrected chi connectivity index (χ2v) is 8.45. The minimum absolute atomic E-state index is 0.0107. The lowest BCUT2D eigenvalue weighted by Crippen LogP contribution is -2.04. The summed E-state index contributed by atoms with van der Waals surface area (Å²) in [6.45, 7) is 0. The molecule has 1 rings (SSSR count). The summed E-state index contributed by atoms with van der Waals surface area (Å²) in [6.07, 6.45) is 0.179. The van der Waals surface area contributed by atoms with Crippen molar-refractivity contribution in [1.82, 2.24) is 0 Å². The minimum atomic E-state index is -1.42. The van der Waals surface area contributed by atoms with Crippen LogP contribution in [-0.4, -0.2) is 18.3 Å². The first kappa shape index (κ1) is 13.8. The molecule has 0 spiro atoms. The van der Waals surface area contributed by atoms with Crippen LogP contribution in [0.3, 0.4) is 0 Å². The molecule has 0 saturated carbocycles. The lowest BCUT2D eigenvalue weighted by molar-refractivity contribution is 0.143. The summed E-state index contributed by atoms with van der Waals surface area (Å²) in [6, 6.07) is 4.86. The van der Waals surface area contributed by atoms with E-state index in [2.05, 4.69) is 49.9 Å². The van der Waals surface area contributed by atoms with Crippen LogP contribution in [-0.2, 0) is 6.42 Å². The van der Waals surface area contributed by atoms with Gasteiger partial charge in [-0.1, -0.05) is 57.3 Å². The standard InChI is InChI=1S/C10H10I2O4/c11-8(12)5-4-6-2-1-3-7(9(6)13)16-10(14)15/h1-3,8,13H,4-5H2,(H,14,15). The summed E-state index contributed by atoms with van der Waals surface area (Å²) in [4.78, 5) is 10.4. The highest BCUT2D eigenvalue weighted by Gasteiger charge is 2.11. The maximum atomic E-state index is 10.4. The molecule has 2 N–H and O–H groups in total. The van der Waals surface area contributed by atoms with Crippen LogP contribution >= 0.6 is 45.2 Å². The van der Waals surface area contributed by atoms with Crippen LogP contribution in [0.5, 0.6) is 11.5 Å². The average molecular weight is 448 g/mol. The fourth-order valence-corrected chi connectivity index (χ4v) is 1.83. The Bertz CT molecular complexity index is 379. The zero-order valence-electron chi connectivity index (χ0n) is 8.19. The Morgan fingerprint density at radius 3 is 2.69 bits per heavy atom. The zero-order chi connectivity index (χ0) is 12.1. The van der Waals surface area contributed by atoms with Crippen molar-refractivity contribution in [3.63, 3.8) is 0 Å². The van der Waals surface area contributed by atoms with Crippen LogP contribution in [0.2, 0.25) is 0 Å². The predicted octanol–water partition coefficient (Wildman–Crippen LogP) is 3.58. The number of ether oxygens (including phenoxy) is 1. The second-order valence-electron chi connectivity index (χ2n) is 3.06. The first-order valence-corrected chi connectivity index (χ1v) is 6.99. The van der Waals surface area contributed by atoms with Gasteiger partial charge in [0.15, 0.2) is 11.5 Å². The lowest BCUT2D eigenvalue weighted by Gasteiger charge is -2.08. The topological polar surface area (TPSA) is 66.8 Å². The van der Waals surface area contributed by atoms with Crippen LogP contribution in [0.4, 0.5) is 4.79 Å². The Balaban J connectivity index is 2.81. The molecule has 0 fully saturated rings. The third kappa shape index (κ3) is 4.32. The number of alkyl halides is 2. The summed E-state index contributed by atoms with van der Waals surface area (Å²) >= 11 is 4.58. The van der Waals surface area contributed by atoms with Gasteiger partial charge in [-0.05, 0) is 24.5 Å². The first-order valence-electron chi connectivity index (χ1n) is 4.50. The van der Waals surface area contributed by atoms with E-state index >= 15 is 0 Å². The van der Waals surface area contributed by atoms with E-state index in [1.807, 2.05) is 0 Å². The molecule has 4 nitrogen and oxygen atoms in total. The van der Waals surface area contributed by atoms with Crippen molar-refractivity contribution in [1.29, 1.82) is 0 Å². The molecule has 1 aromatic carbocycles. The minimum Gasteiger partial charge on any atom is -0.504 e. The SMILES string of the molecule is O=C(O)Oc1cccc(CCC(I)I)c1O. The molecule has 0 aliphatic heterocycles. The van der Waals surface area contributed by atoms with Gasteiger partial charge in [-0.2, -0.15) is 0 Å². The van der Waals surface area contributed by atoms with Crippen molar-refractivity contribution in [2.75, 3.05) is 0 Å². The number of phenols is 1. The molecule has 0 heterocycles. The highest BCUT2D eigenvalue weighted by Crippen LogP contribution is 2.31. The summed E-state index contributed by atoms with van der Waals surface area (Å²) in [7, 11) is 0. The van der Waals surface area contributed by atoms with Gasteiger partial charge in [-0.3, -0.25) is 0 Å². The number of aryl methyl sites for hydroxylation is 1. The van der Waals surface area contributed by atoms with E-state index < -0.39 is 6.16 Å². The third-order valence-corrected chi connectivity index (χ3v) is 3.16. The van der Waals surface area contributed by atoms with Crippen LogP contribution in [0, 0.1) is 0 Å². The number of para-hydroxylation sites is 1. The molecule has 0 aliphatic carbocycles. The molecule has 0 aromatic heterocycles. The third-order valence-electron chi connectivity index (χ3n) is 1.91. The van der Waals surface area contributed by atoms with Gasteiger partial charge in [-0.25, -0.2) is 4.79 Å². The zero-order valence-corrected chi connectivity index (χ0v) is 12.5. The van der Waals surface area contributed by atoms with Crippen LogP contribution in [0.25, 0.3) is 0 Å². The first-order chi connectivity index (χ1) is 7.50. The number of benzene rings is 1. The van der Waals surface area contributed by atoms with Crippen molar-refractivity contribution in [3.8, 4) is 11.5 Å². The van der Waals surface area contributed by atoms with Gasteiger partial charge >= 0.3 is 6.16 Å². The fraction of sp³-hybridized carbons (Fsp3) is 0.300. The smallest absolute Gasteiger partial charge is 0.504 e. The number of carbonyl (C=O) groups is 1. The largest absolute Gasteiger partial charge is 0.511 e. The molecular formula is C10H10I2O4. The van der Waals surface area contributed by atoms with Gasteiger partial charge in [0.05, 0.1) is 1.93 Å². The van der Waals surface area contributed by atoms with Crippen molar-refractivity contribution in [2.45, 2.75) is 14.8 Å². The Labute approximate surface area is 120 Å². The maximum absolute atomic E-state index is 10.4. The van der Waals surface area contributed by atoms with Gasteiger partial charge < -0.3 is 14.9 Å². The van der Waals surface area contributed by atoms with Crippen LogP contribution < -0.4 is 4.74 Å². The molecule has 0 unspecified atom stereocenters. The van der Waals surface area contributed by atoms with Crippen molar-refractivity contribution < 1.29 is 19.7 Å². The number of carboxylic acid groups (broad SMARTS) is 1. The highest BCUT2D eigenvalue weighted by atomic mass is 127. The van der Waals surface area contributed by atoms with Gasteiger partial charge in [0.1, 0.15) is 0 Å². The number of rotatable bonds is 4. The Morgan fingerprint density at radius 2 is 2.12 bits per heavy atom. The number of aromatic hydroxyl groups is 1. The van der Waals surface area contributed by atoms with E-state index in [1.54, 1.807) is 12.1 Å². The molecule has 0 radical (unpaired) electrons. The highest BCUT2D eigenvalue weighted by molar-refractivity contribution is 14.2. The normalized spacial score (nSPS) is 10.4. The number of phenolic OH excluding ortho intramolecular Hbond substituents is 1. The van der Waals surface area contributed by atoms with Crippen molar-refractivity contribution >= 4 is 51.3 Å². The molecule has 1 aromatic rings. The van der Waals surface area contributed by atoms with Gasteiger partial charge in [0, 0.05) is 0 Å². The van der Waals surface area contributed by atoms with Crippen molar-refractivity contribution in [3.05, 3.63) is 23.8 Å². The second kappa shape index (κ2) is 6.48. The van der Waals surface area contributed by atoms with E-state index in [0.717, 1.165) is 6.42 Å².